The molecule has 0 aliphatic carbocycles. The van der Waals surface area contributed by atoms with E-state index in [0.717, 1.165) is 34.1 Å². The van der Waals surface area contributed by atoms with E-state index in [0.29, 0.717) is 0 Å². The summed E-state index contributed by atoms with van der Waals surface area (Å²) in [7, 11) is 0. The summed E-state index contributed by atoms with van der Waals surface area (Å²) in [5.74, 6) is 0. The van der Waals surface area contributed by atoms with Crippen molar-refractivity contribution in [1.82, 2.24) is 0 Å². The molecule has 0 amide bonds. The fourth-order valence-corrected chi connectivity index (χ4v) is 2.94. The Balaban J connectivity index is 2.23. The van der Waals surface area contributed by atoms with E-state index in [1.54, 1.807) is 0 Å². The van der Waals surface area contributed by atoms with E-state index in [1.165, 1.54) is 11.1 Å². The molecule has 0 saturated heterocycles. The van der Waals surface area contributed by atoms with Crippen molar-refractivity contribution >= 4 is 6.29 Å². The third kappa shape index (κ3) is 2.71. The van der Waals surface area contributed by atoms with Crippen LogP contribution in [0.1, 0.15) is 21.5 Å². The molecule has 22 heavy (non-hydrogen) atoms. The normalized spacial score (nSPS) is 10.5. The Morgan fingerprint density at radius 1 is 0.682 bits per heavy atom. The maximum absolute atomic E-state index is 11.8. The van der Waals surface area contributed by atoms with Crippen molar-refractivity contribution in [2.45, 2.75) is 13.8 Å². The Morgan fingerprint density at radius 3 is 1.86 bits per heavy atom. The van der Waals surface area contributed by atoms with Gasteiger partial charge in [0.25, 0.3) is 0 Å². The minimum atomic E-state index is 0.749. The van der Waals surface area contributed by atoms with Crippen LogP contribution in [0, 0.1) is 13.8 Å². The molecule has 0 bridgehead atoms. The summed E-state index contributed by atoms with van der Waals surface area (Å²) >= 11 is 0. The smallest absolute Gasteiger partial charge is 0.151 e. The molecule has 0 aliphatic rings. The summed E-state index contributed by atoms with van der Waals surface area (Å²) in [5, 5.41) is 0. The Bertz CT molecular complexity index is 796. The van der Waals surface area contributed by atoms with Crippen LogP contribution in [-0.2, 0) is 0 Å². The first kappa shape index (κ1) is 14.3. The van der Waals surface area contributed by atoms with E-state index in [2.05, 4.69) is 32.0 Å². The van der Waals surface area contributed by atoms with Gasteiger partial charge in [-0.05, 0) is 36.1 Å². The molecule has 0 heterocycles. The van der Waals surface area contributed by atoms with Crippen LogP contribution in [0.5, 0.6) is 0 Å². The average molecular weight is 286 g/mol. The minimum absolute atomic E-state index is 0.749. The van der Waals surface area contributed by atoms with Crippen LogP contribution in [0.4, 0.5) is 0 Å². The lowest BCUT2D eigenvalue weighted by Gasteiger charge is -2.12. The fraction of sp³-hybridized carbons (Fsp3) is 0.0952. The molecule has 0 spiro atoms. The Hall–Kier alpha value is -2.67. The Kier molecular flexibility index (Phi) is 3.88. The SMILES string of the molecule is Cc1cc(C)cc(-c2cccc(-c3ccccc3)c2C=O)c1. The highest BCUT2D eigenvalue weighted by atomic mass is 16.1. The molecule has 1 heteroatoms. The van der Waals surface area contributed by atoms with Crippen LogP contribution in [0.2, 0.25) is 0 Å². The highest BCUT2D eigenvalue weighted by molar-refractivity contribution is 5.96. The van der Waals surface area contributed by atoms with Crippen molar-refractivity contribution in [1.29, 1.82) is 0 Å². The molecule has 0 fully saturated rings. The molecule has 0 aliphatic heterocycles. The van der Waals surface area contributed by atoms with Gasteiger partial charge >= 0.3 is 0 Å². The van der Waals surface area contributed by atoms with Gasteiger partial charge in [0, 0.05) is 5.56 Å². The maximum atomic E-state index is 11.8. The molecule has 0 atom stereocenters. The topological polar surface area (TPSA) is 17.1 Å². The maximum Gasteiger partial charge on any atom is 0.151 e. The van der Waals surface area contributed by atoms with Gasteiger partial charge in [-0.3, -0.25) is 4.79 Å². The number of benzene rings is 3. The van der Waals surface area contributed by atoms with Gasteiger partial charge in [-0.1, -0.05) is 77.9 Å². The first-order valence-corrected chi connectivity index (χ1v) is 7.41. The third-order valence-electron chi connectivity index (χ3n) is 3.84. The van der Waals surface area contributed by atoms with Crippen LogP contribution >= 0.6 is 0 Å². The van der Waals surface area contributed by atoms with Crippen molar-refractivity contribution in [2.24, 2.45) is 0 Å². The summed E-state index contributed by atoms with van der Waals surface area (Å²) < 4.78 is 0. The van der Waals surface area contributed by atoms with E-state index < -0.39 is 0 Å². The monoisotopic (exact) mass is 286 g/mol. The van der Waals surface area contributed by atoms with Crippen LogP contribution in [0.25, 0.3) is 22.3 Å². The molecule has 1 nitrogen and oxygen atoms in total. The number of rotatable bonds is 3. The van der Waals surface area contributed by atoms with Crippen LogP contribution in [0.3, 0.4) is 0 Å². The molecule has 108 valence electrons. The second-order valence-electron chi connectivity index (χ2n) is 5.63. The number of hydrogen-bond donors (Lipinski definition) is 0. The summed E-state index contributed by atoms with van der Waals surface area (Å²) in [6.45, 7) is 4.16. The fourth-order valence-electron chi connectivity index (χ4n) is 2.94. The molecule has 0 radical (unpaired) electrons. The van der Waals surface area contributed by atoms with Gasteiger partial charge in [-0.25, -0.2) is 0 Å². The second-order valence-corrected chi connectivity index (χ2v) is 5.63. The van der Waals surface area contributed by atoms with Gasteiger partial charge in [0.1, 0.15) is 0 Å². The molecule has 3 rings (SSSR count). The van der Waals surface area contributed by atoms with Gasteiger partial charge in [0.15, 0.2) is 6.29 Å². The highest BCUT2D eigenvalue weighted by Crippen LogP contribution is 2.32. The molecule has 0 aromatic heterocycles. The minimum Gasteiger partial charge on any atom is -0.298 e. The van der Waals surface area contributed by atoms with Crippen molar-refractivity contribution in [3.8, 4) is 22.3 Å². The lowest BCUT2D eigenvalue weighted by molar-refractivity contribution is 0.112. The predicted octanol–water partition coefficient (Wildman–Crippen LogP) is 5.45. The highest BCUT2D eigenvalue weighted by Gasteiger charge is 2.11. The molecular weight excluding hydrogens is 268 g/mol. The van der Waals surface area contributed by atoms with Crippen molar-refractivity contribution < 1.29 is 4.79 Å². The second kappa shape index (κ2) is 5.98. The molecular formula is C21H18O. The predicted molar refractivity (Wildman–Crippen MR) is 92.2 cm³/mol. The largest absolute Gasteiger partial charge is 0.298 e. The van der Waals surface area contributed by atoms with E-state index in [1.807, 2.05) is 48.5 Å². The zero-order valence-corrected chi connectivity index (χ0v) is 12.8. The first-order valence-electron chi connectivity index (χ1n) is 7.41. The average Bonchev–Trinajstić information content (AvgIpc) is 2.54. The van der Waals surface area contributed by atoms with E-state index in [-0.39, 0.29) is 0 Å². The molecule has 0 unspecified atom stereocenters. The van der Waals surface area contributed by atoms with Gasteiger partial charge in [-0.15, -0.1) is 0 Å². The van der Waals surface area contributed by atoms with Gasteiger partial charge < -0.3 is 0 Å². The van der Waals surface area contributed by atoms with E-state index >= 15 is 0 Å². The number of aldehydes is 1. The quantitative estimate of drug-likeness (QED) is 0.585. The molecule has 3 aromatic rings. The summed E-state index contributed by atoms with van der Waals surface area (Å²) in [5.41, 5.74) is 7.29. The number of hydrogen-bond acceptors (Lipinski definition) is 1. The van der Waals surface area contributed by atoms with Crippen LogP contribution in [-0.4, -0.2) is 6.29 Å². The molecule has 3 aromatic carbocycles. The third-order valence-corrected chi connectivity index (χ3v) is 3.84. The zero-order chi connectivity index (χ0) is 15.5. The summed E-state index contributed by atoms with van der Waals surface area (Å²) in [6, 6.07) is 22.5. The standard InChI is InChI=1S/C21H18O/c1-15-11-16(2)13-18(12-15)20-10-6-9-19(21(20)14-22)17-7-4-3-5-8-17/h3-14H,1-2H3. The number of carbonyl (C=O) groups excluding carboxylic acids is 1. The number of carbonyl (C=O) groups is 1. The lowest BCUT2D eigenvalue weighted by atomic mass is 9.91. The van der Waals surface area contributed by atoms with Crippen molar-refractivity contribution in [3.63, 3.8) is 0 Å². The summed E-state index contributed by atoms with van der Waals surface area (Å²) in [6.07, 6.45) is 0.968. The summed E-state index contributed by atoms with van der Waals surface area (Å²) in [4.78, 5) is 11.8. The zero-order valence-electron chi connectivity index (χ0n) is 12.8. The Labute approximate surface area is 131 Å². The van der Waals surface area contributed by atoms with E-state index in [9.17, 15) is 4.79 Å². The van der Waals surface area contributed by atoms with Gasteiger partial charge in [0.2, 0.25) is 0 Å². The Morgan fingerprint density at radius 2 is 1.27 bits per heavy atom. The van der Waals surface area contributed by atoms with Crippen LogP contribution in [0.15, 0.2) is 66.7 Å². The van der Waals surface area contributed by atoms with Crippen molar-refractivity contribution in [2.75, 3.05) is 0 Å². The van der Waals surface area contributed by atoms with E-state index in [4.69, 9.17) is 0 Å². The number of aryl methyl sites for hydroxylation is 2. The lowest BCUT2D eigenvalue weighted by Crippen LogP contribution is -1.93. The van der Waals surface area contributed by atoms with Crippen LogP contribution < -0.4 is 0 Å². The molecule has 0 N–H and O–H groups in total. The first-order chi connectivity index (χ1) is 10.7. The van der Waals surface area contributed by atoms with Gasteiger partial charge in [-0.2, -0.15) is 0 Å². The van der Waals surface area contributed by atoms with Crippen molar-refractivity contribution in [3.05, 3.63) is 83.4 Å². The molecule has 0 saturated carbocycles. The van der Waals surface area contributed by atoms with Gasteiger partial charge in [0.05, 0.1) is 0 Å².